The van der Waals surface area contributed by atoms with E-state index >= 15 is 0 Å². The number of benzene rings is 2. The van der Waals surface area contributed by atoms with Gasteiger partial charge in [-0.2, -0.15) is 0 Å². The number of hydrogen-bond donors (Lipinski definition) is 2. The first-order valence-electron chi connectivity index (χ1n) is 9.37. The fourth-order valence-corrected chi connectivity index (χ4v) is 4.16. The van der Waals surface area contributed by atoms with E-state index < -0.39 is 10.9 Å². The molecule has 0 bridgehead atoms. The third-order valence-corrected chi connectivity index (χ3v) is 5.85. The normalized spacial score (nSPS) is 14.6. The number of carboxylic acids is 1. The van der Waals surface area contributed by atoms with Crippen molar-refractivity contribution in [1.82, 2.24) is 4.90 Å². The van der Waals surface area contributed by atoms with Gasteiger partial charge in [-0.05, 0) is 54.5 Å². The number of rotatable bonds is 8. The first-order valence-corrected chi connectivity index (χ1v) is 10.6. The van der Waals surface area contributed by atoms with Gasteiger partial charge in [0, 0.05) is 30.8 Å². The molecule has 0 saturated carbocycles. The van der Waals surface area contributed by atoms with Crippen LogP contribution < -0.4 is 5.32 Å². The van der Waals surface area contributed by atoms with Gasteiger partial charge in [0.25, 0.3) is 11.6 Å². The molecule has 2 aromatic rings. The second kappa shape index (κ2) is 10.2. The Morgan fingerprint density at radius 2 is 1.81 bits per heavy atom. The molecular formula is C21H17N3O6S2. The van der Waals surface area contributed by atoms with Crippen molar-refractivity contribution in [3.8, 4) is 0 Å². The summed E-state index contributed by atoms with van der Waals surface area (Å²) in [5.41, 5.74) is 1.21. The van der Waals surface area contributed by atoms with Crippen LogP contribution in [0.15, 0.2) is 53.4 Å². The maximum Gasteiger partial charge on any atom is 0.335 e. The molecule has 11 heteroatoms. The lowest BCUT2D eigenvalue weighted by atomic mass is 10.2. The smallest absolute Gasteiger partial charge is 0.335 e. The van der Waals surface area contributed by atoms with Gasteiger partial charge in [0.2, 0.25) is 5.91 Å². The predicted molar refractivity (Wildman–Crippen MR) is 124 cm³/mol. The van der Waals surface area contributed by atoms with Gasteiger partial charge in [0.1, 0.15) is 4.32 Å². The van der Waals surface area contributed by atoms with Crippen LogP contribution in [0.2, 0.25) is 0 Å². The molecule has 0 spiro atoms. The second-order valence-corrected chi connectivity index (χ2v) is 8.39. The summed E-state index contributed by atoms with van der Waals surface area (Å²) >= 11 is 6.41. The number of nitro groups is 1. The highest BCUT2D eigenvalue weighted by Crippen LogP contribution is 2.33. The summed E-state index contributed by atoms with van der Waals surface area (Å²) in [4.78, 5) is 47.7. The van der Waals surface area contributed by atoms with Gasteiger partial charge in [-0.25, -0.2) is 4.79 Å². The highest BCUT2D eigenvalue weighted by molar-refractivity contribution is 8.26. The maximum atomic E-state index is 12.6. The molecule has 0 unspecified atom stereocenters. The maximum absolute atomic E-state index is 12.6. The highest BCUT2D eigenvalue weighted by Gasteiger charge is 2.31. The van der Waals surface area contributed by atoms with Crippen LogP contribution in [0.3, 0.4) is 0 Å². The topological polar surface area (TPSA) is 130 Å². The molecule has 1 heterocycles. The van der Waals surface area contributed by atoms with E-state index in [1.54, 1.807) is 18.2 Å². The number of anilines is 1. The third kappa shape index (κ3) is 5.77. The van der Waals surface area contributed by atoms with Crippen LogP contribution in [0.4, 0.5) is 11.4 Å². The second-order valence-electron chi connectivity index (χ2n) is 6.72. The van der Waals surface area contributed by atoms with Crippen LogP contribution >= 0.6 is 24.0 Å². The summed E-state index contributed by atoms with van der Waals surface area (Å²) in [5.74, 6) is -1.59. The third-order valence-electron chi connectivity index (χ3n) is 4.48. The van der Waals surface area contributed by atoms with Crippen LogP contribution in [0.25, 0.3) is 6.08 Å². The number of carbonyl (C=O) groups excluding carboxylic acids is 2. The van der Waals surface area contributed by atoms with E-state index in [9.17, 15) is 24.5 Å². The molecular weight excluding hydrogens is 454 g/mol. The number of aromatic carboxylic acids is 1. The van der Waals surface area contributed by atoms with Crippen LogP contribution in [0, 0.1) is 10.1 Å². The van der Waals surface area contributed by atoms with Crippen molar-refractivity contribution in [2.45, 2.75) is 12.8 Å². The van der Waals surface area contributed by atoms with Crippen LogP contribution in [-0.2, 0) is 9.59 Å². The average Bonchev–Trinajstić information content (AvgIpc) is 3.01. The summed E-state index contributed by atoms with van der Waals surface area (Å²) < 4.78 is 0.382. The molecule has 1 aliphatic rings. The number of thioether (sulfide) groups is 1. The summed E-state index contributed by atoms with van der Waals surface area (Å²) in [5, 5.41) is 22.3. The highest BCUT2D eigenvalue weighted by atomic mass is 32.2. The molecule has 2 aromatic carbocycles. The van der Waals surface area contributed by atoms with Crippen LogP contribution in [0.5, 0.6) is 0 Å². The van der Waals surface area contributed by atoms with Crippen LogP contribution in [0.1, 0.15) is 28.8 Å². The number of amides is 2. The number of hydrogen-bond acceptors (Lipinski definition) is 7. The molecule has 0 atom stereocenters. The molecule has 1 fully saturated rings. The van der Waals surface area contributed by atoms with E-state index in [1.807, 2.05) is 0 Å². The van der Waals surface area contributed by atoms with E-state index in [2.05, 4.69) is 5.32 Å². The SMILES string of the molecule is O=C(CCCN1C(=O)/C(=C/c2ccc([N+](=O)[O-])cc2)SC1=S)Nc1ccc(C(=O)O)cc1. The molecule has 2 N–H and O–H groups in total. The molecule has 2 amide bonds. The summed E-state index contributed by atoms with van der Waals surface area (Å²) in [6, 6.07) is 11.6. The fourth-order valence-electron chi connectivity index (χ4n) is 2.85. The summed E-state index contributed by atoms with van der Waals surface area (Å²) in [6.07, 6.45) is 2.16. The van der Waals surface area contributed by atoms with Crippen molar-refractivity contribution in [2.24, 2.45) is 0 Å². The number of non-ortho nitro benzene ring substituents is 1. The Bertz CT molecular complexity index is 1110. The molecule has 0 radical (unpaired) electrons. The summed E-state index contributed by atoms with van der Waals surface area (Å²) in [6.45, 7) is 0.271. The minimum absolute atomic E-state index is 0.0363. The Morgan fingerprint density at radius 1 is 1.16 bits per heavy atom. The van der Waals surface area contributed by atoms with Gasteiger partial charge in [0.15, 0.2) is 0 Å². The predicted octanol–water partition coefficient (Wildman–Crippen LogP) is 3.91. The largest absolute Gasteiger partial charge is 0.478 e. The zero-order valence-corrected chi connectivity index (χ0v) is 18.1. The first-order chi connectivity index (χ1) is 15.2. The van der Waals surface area contributed by atoms with Gasteiger partial charge in [-0.1, -0.05) is 24.0 Å². The van der Waals surface area contributed by atoms with Crippen LogP contribution in [-0.4, -0.2) is 43.6 Å². The zero-order chi connectivity index (χ0) is 23.3. The Labute approximate surface area is 192 Å². The number of carbonyl (C=O) groups is 3. The van der Waals surface area contributed by atoms with E-state index in [0.717, 1.165) is 11.8 Å². The molecule has 1 saturated heterocycles. The molecule has 32 heavy (non-hydrogen) atoms. The average molecular weight is 472 g/mol. The van der Waals surface area contributed by atoms with Gasteiger partial charge < -0.3 is 10.4 Å². The van der Waals surface area contributed by atoms with Crippen molar-refractivity contribution < 1.29 is 24.4 Å². The zero-order valence-electron chi connectivity index (χ0n) is 16.5. The number of thiocarbonyl (C=S) groups is 1. The van der Waals surface area contributed by atoms with Gasteiger partial charge in [0.05, 0.1) is 15.4 Å². The van der Waals surface area contributed by atoms with E-state index in [1.165, 1.54) is 41.3 Å². The Balaban J connectivity index is 1.52. The Morgan fingerprint density at radius 3 is 2.41 bits per heavy atom. The number of nitro benzene ring substituents is 1. The molecule has 1 aliphatic heterocycles. The van der Waals surface area contributed by atoms with Gasteiger partial charge in [-0.15, -0.1) is 0 Å². The minimum atomic E-state index is -1.05. The van der Waals surface area contributed by atoms with Gasteiger partial charge in [-0.3, -0.25) is 24.6 Å². The van der Waals surface area contributed by atoms with Crippen molar-refractivity contribution >= 4 is 63.5 Å². The van der Waals surface area contributed by atoms with Crippen molar-refractivity contribution in [3.05, 3.63) is 74.7 Å². The molecule has 0 aromatic heterocycles. The Kier molecular flexibility index (Phi) is 7.33. The monoisotopic (exact) mass is 471 g/mol. The molecule has 3 rings (SSSR count). The lowest BCUT2D eigenvalue weighted by molar-refractivity contribution is -0.384. The number of nitrogens with zero attached hydrogens (tertiary/aromatic N) is 2. The number of carboxylic acid groups (broad SMARTS) is 1. The van der Waals surface area contributed by atoms with Crippen molar-refractivity contribution in [1.29, 1.82) is 0 Å². The molecule has 164 valence electrons. The fraction of sp³-hybridized carbons (Fsp3) is 0.143. The molecule has 0 aliphatic carbocycles. The van der Waals surface area contributed by atoms with Gasteiger partial charge >= 0.3 is 5.97 Å². The quantitative estimate of drug-likeness (QED) is 0.256. The molecule has 9 nitrogen and oxygen atoms in total. The number of nitrogens with one attached hydrogen (secondary N) is 1. The standard InChI is InChI=1S/C21H17N3O6S2/c25-18(22-15-7-5-14(6-8-15)20(27)28)2-1-11-23-19(26)17(32-21(23)31)12-13-3-9-16(10-4-13)24(29)30/h3-10,12H,1-2,11H2,(H,22,25)(H,27,28)/b17-12-. The van der Waals surface area contributed by atoms with E-state index in [4.69, 9.17) is 17.3 Å². The summed E-state index contributed by atoms with van der Waals surface area (Å²) in [7, 11) is 0. The first kappa shape index (κ1) is 23.1. The van der Waals surface area contributed by atoms with E-state index in [0.29, 0.717) is 26.9 Å². The van der Waals surface area contributed by atoms with Crippen molar-refractivity contribution in [3.63, 3.8) is 0 Å². The minimum Gasteiger partial charge on any atom is -0.478 e. The lowest BCUT2D eigenvalue weighted by Crippen LogP contribution is -2.29. The van der Waals surface area contributed by atoms with Crippen molar-refractivity contribution in [2.75, 3.05) is 11.9 Å². The van der Waals surface area contributed by atoms with E-state index in [-0.39, 0.29) is 36.0 Å². The Hall–Kier alpha value is -3.57. The lowest BCUT2D eigenvalue weighted by Gasteiger charge is -2.14.